The van der Waals surface area contributed by atoms with Crippen molar-refractivity contribution < 1.29 is 37.0 Å². The van der Waals surface area contributed by atoms with Crippen LogP contribution in [0.2, 0.25) is 0 Å². The lowest BCUT2D eigenvalue weighted by Crippen LogP contribution is -2.15. The molecule has 1 aromatic heterocycles. The highest BCUT2D eigenvalue weighted by molar-refractivity contribution is 5.98. The van der Waals surface area contributed by atoms with E-state index in [2.05, 4.69) is 19.8 Å². The monoisotopic (exact) mass is 396 g/mol. The Balaban J connectivity index is 2.14. The van der Waals surface area contributed by atoms with Gasteiger partial charge in [0, 0.05) is 11.8 Å². The zero-order valence-corrected chi connectivity index (χ0v) is 14.7. The van der Waals surface area contributed by atoms with Crippen molar-refractivity contribution in [3.05, 3.63) is 59.9 Å². The first-order chi connectivity index (χ1) is 13.2. The molecule has 0 fully saturated rings. The van der Waals surface area contributed by atoms with Crippen molar-refractivity contribution >= 4 is 17.6 Å². The molecule has 1 heterocycles. The van der Waals surface area contributed by atoms with Crippen molar-refractivity contribution in [1.29, 1.82) is 0 Å². The fourth-order valence-corrected chi connectivity index (χ4v) is 1.94. The first-order valence-corrected chi connectivity index (χ1v) is 7.70. The van der Waals surface area contributed by atoms with E-state index >= 15 is 0 Å². The number of methoxy groups -OCH3 is 2. The molecule has 28 heavy (non-hydrogen) atoms. The Bertz CT molecular complexity index is 880. The number of hydrogen-bond acceptors (Lipinski definition) is 7. The van der Waals surface area contributed by atoms with Gasteiger partial charge in [0.15, 0.2) is 0 Å². The zero-order chi connectivity index (χ0) is 20.7. The van der Waals surface area contributed by atoms with E-state index in [0.29, 0.717) is 5.69 Å². The average molecular weight is 396 g/mol. The number of ether oxygens (including phenoxy) is 3. The first kappa shape index (κ1) is 20.7. The maximum Gasteiger partial charge on any atom is 0.433 e. The minimum atomic E-state index is -4.58. The van der Waals surface area contributed by atoms with Crippen LogP contribution in [0.4, 0.5) is 18.9 Å². The SMILES string of the molecule is COC(=O)/C=C(/Nc1ccc(Oc2cccc(C(F)(F)F)n2)cc1)C(=O)OC. The molecule has 0 atom stereocenters. The number of hydrogen-bond donors (Lipinski definition) is 1. The molecule has 0 saturated heterocycles. The Labute approximate surface area is 157 Å². The van der Waals surface area contributed by atoms with Gasteiger partial charge >= 0.3 is 18.1 Å². The van der Waals surface area contributed by atoms with Crippen LogP contribution in [0.25, 0.3) is 0 Å². The van der Waals surface area contributed by atoms with Crippen LogP contribution in [0, 0.1) is 0 Å². The number of pyridine rings is 1. The van der Waals surface area contributed by atoms with Crippen molar-refractivity contribution in [3.63, 3.8) is 0 Å². The highest BCUT2D eigenvalue weighted by atomic mass is 19.4. The summed E-state index contributed by atoms with van der Waals surface area (Å²) in [7, 11) is 2.30. The van der Waals surface area contributed by atoms with Gasteiger partial charge in [0.05, 0.1) is 20.3 Å². The third kappa shape index (κ3) is 5.73. The predicted octanol–water partition coefficient (Wildman–Crippen LogP) is 3.53. The number of esters is 2. The van der Waals surface area contributed by atoms with Crippen LogP contribution in [-0.2, 0) is 25.2 Å². The standard InChI is InChI=1S/C18H15F3N2O5/c1-26-16(24)10-13(17(25)27-2)22-11-6-8-12(9-7-11)28-15-5-3-4-14(23-15)18(19,20)21/h3-10,22H,1-2H3/b13-10+. The quantitative estimate of drug-likeness (QED) is 0.590. The van der Waals surface area contributed by atoms with E-state index in [1.54, 1.807) is 0 Å². The number of carbonyl (C=O) groups excluding carboxylic acids is 2. The van der Waals surface area contributed by atoms with Gasteiger partial charge in [0.25, 0.3) is 0 Å². The summed E-state index contributed by atoms with van der Waals surface area (Å²) in [6, 6.07) is 9.15. The molecule has 1 N–H and O–H groups in total. The second-order valence-electron chi connectivity index (χ2n) is 5.18. The van der Waals surface area contributed by atoms with Crippen LogP contribution in [0.5, 0.6) is 11.6 Å². The molecule has 0 bridgehead atoms. The zero-order valence-electron chi connectivity index (χ0n) is 14.7. The Kier molecular flexibility index (Phi) is 6.59. The minimum Gasteiger partial charge on any atom is -0.466 e. The van der Waals surface area contributed by atoms with Crippen molar-refractivity contribution in [2.75, 3.05) is 19.5 Å². The fraction of sp³-hybridized carbons (Fsp3) is 0.167. The summed E-state index contributed by atoms with van der Waals surface area (Å²) in [5, 5.41) is 2.68. The van der Waals surface area contributed by atoms with Gasteiger partial charge in [-0.05, 0) is 30.3 Å². The van der Waals surface area contributed by atoms with Gasteiger partial charge < -0.3 is 19.5 Å². The van der Waals surface area contributed by atoms with E-state index in [0.717, 1.165) is 26.4 Å². The second kappa shape index (κ2) is 8.89. The molecule has 0 unspecified atom stereocenters. The molecule has 148 valence electrons. The number of benzene rings is 1. The Hall–Kier alpha value is -3.56. The smallest absolute Gasteiger partial charge is 0.433 e. The van der Waals surface area contributed by atoms with Gasteiger partial charge in [-0.1, -0.05) is 6.07 Å². The van der Waals surface area contributed by atoms with E-state index in [9.17, 15) is 22.8 Å². The summed E-state index contributed by atoms with van der Waals surface area (Å²) in [6.07, 6.45) is -3.66. The molecule has 0 spiro atoms. The van der Waals surface area contributed by atoms with Crippen LogP contribution in [-0.4, -0.2) is 31.1 Å². The Morgan fingerprint density at radius 1 is 1.04 bits per heavy atom. The maximum atomic E-state index is 12.7. The summed E-state index contributed by atoms with van der Waals surface area (Å²) in [5.74, 6) is -1.56. The number of aromatic nitrogens is 1. The lowest BCUT2D eigenvalue weighted by Gasteiger charge is -2.11. The second-order valence-corrected chi connectivity index (χ2v) is 5.18. The van der Waals surface area contributed by atoms with E-state index in [-0.39, 0.29) is 17.3 Å². The van der Waals surface area contributed by atoms with E-state index < -0.39 is 23.8 Å². The molecule has 10 heteroatoms. The molecular weight excluding hydrogens is 381 g/mol. The number of nitrogens with zero attached hydrogens (tertiary/aromatic N) is 1. The van der Waals surface area contributed by atoms with Gasteiger partial charge in [-0.3, -0.25) is 0 Å². The molecular formula is C18H15F3N2O5. The van der Waals surface area contributed by atoms with E-state index in [1.807, 2.05) is 0 Å². The molecule has 0 saturated carbocycles. The number of halogens is 3. The van der Waals surface area contributed by atoms with Crippen LogP contribution >= 0.6 is 0 Å². The van der Waals surface area contributed by atoms with Crippen LogP contribution < -0.4 is 10.1 Å². The number of alkyl halides is 3. The maximum absolute atomic E-state index is 12.7. The van der Waals surface area contributed by atoms with Crippen molar-refractivity contribution in [3.8, 4) is 11.6 Å². The molecule has 1 aromatic carbocycles. The molecule has 0 aliphatic carbocycles. The fourth-order valence-electron chi connectivity index (χ4n) is 1.94. The third-order valence-corrected chi connectivity index (χ3v) is 3.24. The van der Waals surface area contributed by atoms with Crippen LogP contribution in [0.3, 0.4) is 0 Å². The van der Waals surface area contributed by atoms with Gasteiger partial charge in [-0.25, -0.2) is 14.6 Å². The Morgan fingerprint density at radius 3 is 2.29 bits per heavy atom. The van der Waals surface area contributed by atoms with Gasteiger partial charge in [0.2, 0.25) is 5.88 Å². The molecule has 2 aromatic rings. The molecule has 2 rings (SSSR count). The molecule has 0 aliphatic heterocycles. The van der Waals surface area contributed by atoms with Gasteiger partial charge in [-0.2, -0.15) is 13.2 Å². The normalized spacial score (nSPS) is 11.5. The highest BCUT2D eigenvalue weighted by Crippen LogP contribution is 2.30. The molecule has 0 aliphatic rings. The highest BCUT2D eigenvalue weighted by Gasteiger charge is 2.32. The van der Waals surface area contributed by atoms with Crippen LogP contribution in [0.1, 0.15) is 5.69 Å². The summed E-state index contributed by atoms with van der Waals surface area (Å²) < 4.78 is 52.4. The minimum absolute atomic E-state index is 0.164. The first-order valence-electron chi connectivity index (χ1n) is 7.70. The number of carbonyl (C=O) groups is 2. The molecule has 7 nitrogen and oxygen atoms in total. The van der Waals surface area contributed by atoms with Crippen molar-refractivity contribution in [2.24, 2.45) is 0 Å². The number of nitrogens with one attached hydrogen (secondary N) is 1. The number of rotatable bonds is 6. The Morgan fingerprint density at radius 2 is 1.71 bits per heavy atom. The third-order valence-electron chi connectivity index (χ3n) is 3.24. The summed E-state index contributed by atoms with van der Waals surface area (Å²) in [5.41, 5.74) is -0.841. The lowest BCUT2D eigenvalue weighted by molar-refractivity contribution is -0.141. The predicted molar refractivity (Wildman–Crippen MR) is 91.5 cm³/mol. The summed E-state index contributed by atoms with van der Waals surface area (Å²) in [4.78, 5) is 26.4. The molecule has 0 radical (unpaired) electrons. The topological polar surface area (TPSA) is 86.8 Å². The van der Waals surface area contributed by atoms with Crippen molar-refractivity contribution in [1.82, 2.24) is 4.98 Å². The van der Waals surface area contributed by atoms with Gasteiger partial charge in [-0.15, -0.1) is 0 Å². The lowest BCUT2D eigenvalue weighted by atomic mass is 10.2. The van der Waals surface area contributed by atoms with E-state index in [4.69, 9.17) is 4.74 Å². The largest absolute Gasteiger partial charge is 0.466 e. The van der Waals surface area contributed by atoms with Gasteiger partial charge in [0.1, 0.15) is 17.1 Å². The number of anilines is 1. The summed E-state index contributed by atoms with van der Waals surface area (Å²) >= 11 is 0. The van der Waals surface area contributed by atoms with Crippen molar-refractivity contribution in [2.45, 2.75) is 6.18 Å². The summed E-state index contributed by atoms with van der Waals surface area (Å²) in [6.45, 7) is 0. The average Bonchev–Trinajstić information content (AvgIpc) is 2.67. The molecule has 0 amide bonds. The van der Waals surface area contributed by atoms with E-state index in [1.165, 1.54) is 36.4 Å². The van der Waals surface area contributed by atoms with Crippen LogP contribution in [0.15, 0.2) is 54.2 Å².